The normalized spacial score (nSPS) is 18.3. The fraction of sp³-hybridized carbons (Fsp3) is 0.562. The maximum atomic E-state index is 12.6. The van der Waals surface area contributed by atoms with E-state index in [0.717, 1.165) is 31.2 Å². The molecule has 1 aliphatic carbocycles. The van der Waals surface area contributed by atoms with Crippen LogP contribution in [0.25, 0.3) is 0 Å². The van der Waals surface area contributed by atoms with E-state index in [-0.39, 0.29) is 5.97 Å². The summed E-state index contributed by atoms with van der Waals surface area (Å²) in [6.45, 7) is 5.74. The van der Waals surface area contributed by atoms with E-state index in [4.69, 9.17) is 16.3 Å². The van der Waals surface area contributed by atoms with Gasteiger partial charge in [-0.3, -0.25) is 4.79 Å². The summed E-state index contributed by atoms with van der Waals surface area (Å²) < 4.78 is 5.64. The van der Waals surface area contributed by atoms with Gasteiger partial charge in [-0.1, -0.05) is 36.6 Å². The van der Waals surface area contributed by atoms with Crippen molar-refractivity contribution in [1.82, 2.24) is 0 Å². The van der Waals surface area contributed by atoms with Gasteiger partial charge in [0.25, 0.3) is 0 Å². The molecule has 0 aliphatic heterocycles. The van der Waals surface area contributed by atoms with Gasteiger partial charge in [0.2, 0.25) is 0 Å². The van der Waals surface area contributed by atoms with Gasteiger partial charge in [0.15, 0.2) is 0 Å². The van der Waals surface area contributed by atoms with Crippen LogP contribution >= 0.6 is 11.6 Å². The molecule has 0 atom stereocenters. The molecule has 0 heterocycles. The highest BCUT2D eigenvalue weighted by Gasteiger charge is 2.45. The van der Waals surface area contributed by atoms with Gasteiger partial charge in [-0.05, 0) is 51.3 Å². The summed E-state index contributed by atoms with van der Waals surface area (Å²) in [4.78, 5) is 12.6. The van der Waals surface area contributed by atoms with Crippen LogP contribution in [0.4, 0.5) is 0 Å². The van der Waals surface area contributed by atoms with Gasteiger partial charge in [0.05, 0.1) is 5.41 Å². The minimum atomic E-state index is -0.474. The molecular formula is C16H21ClO2. The van der Waals surface area contributed by atoms with Gasteiger partial charge in [-0.2, -0.15) is 0 Å². The van der Waals surface area contributed by atoms with Crippen LogP contribution in [-0.4, -0.2) is 11.6 Å². The zero-order valence-corrected chi connectivity index (χ0v) is 12.6. The molecule has 2 rings (SSSR count). The van der Waals surface area contributed by atoms with Crippen molar-refractivity contribution in [3.05, 3.63) is 34.9 Å². The quantitative estimate of drug-likeness (QED) is 0.746. The van der Waals surface area contributed by atoms with Crippen LogP contribution < -0.4 is 0 Å². The van der Waals surface area contributed by atoms with Crippen molar-refractivity contribution in [3.8, 4) is 0 Å². The van der Waals surface area contributed by atoms with Crippen molar-refractivity contribution >= 4 is 17.6 Å². The van der Waals surface area contributed by atoms with Crippen LogP contribution in [-0.2, 0) is 14.9 Å². The molecule has 19 heavy (non-hydrogen) atoms. The lowest BCUT2D eigenvalue weighted by molar-refractivity contribution is -0.162. The average Bonchev–Trinajstić information content (AvgIpc) is 2.78. The fourth-order valence-electron chi connectivity index (χ4n) is 2.73. The molecule has 0 N–H and O–H groups in total. The molecular weight excluding hydrogens is 260 g/mol. The van der Waals surface area contributed by atoms with E-state index in [1.54, 1.807) is 0 Å². The molecule has 0 spiro atoms. The Morgan fingerprint density at radius 3 is 2.16 bits per heavy atom. The summed E-state index contributed by atoms with van der Waals surface area (Å²) in [5.74, 6) is -0.0974. The average molecular weight is 281 g/mol. The molecule has 0 bridgehead atoms. The molecule has 0 aromatic heterocycles. The van der Waals surface area contributed by atoms with E-state index in [1.807, 2.05) is 45.0 Å². The Morgan fingerprint density at radius 2 is 1.68 bits per heavy atom. The van der Waals surface area contributed by atoms with E-state index < -0.39 is 11.0 Å². The van der Waals surface area contributed by atoms with E-state index in [0.29, 0.717) is 5.02 Å². The van der Waals surface area contributed by atoms with Gasteiger partial charge in [-0.15, -0.1) is 0 Å². The summed E-state index contributed by atoms with van der Waals surface area (Å²) in [6, 6.07) is 7.61. The summed E-state index contributed by atoms with van der Waals surface area (Å²) in [7, 11) is 0. The largest absolute Gasteiger partial charge is 0.459 e. The third-order valence-corrected chi connectivity index (χ3v) is 3.90. The van der Waals surface area contributed by atoms with Crippen molar-refractivity contribution in [2.45, 2.75) is 57.5 Å². The number of halogens is 1. The summed E-state index contributed by atoms with van der Waals surface area (Å²) >= 11 is 5.93. The smallest absolute Gasteiger partial charge is 0.317 e. The molecule has 1 saturated carbocycles. The highest BCUT2D eigenvalue weighted by Crippen LogP contribution is 2.43. The second-order valence-corrected chi connectivity index (χ2v) is 6.73. The van der Waals surface area contributed by atoms with E-state index in [9.17, 15) is 4.79 Å². The van der Waals surface area contributed by atoms with Crippen LogP contribution in [0.1, 0.15) is 52.0 Å². The van der Waals surface area contributed by atoms with Crippen molar-refractivity contribution in [3.63, 3.8) is 0 Å². The summed E-state index contributed by atoms with van der Waals surface area (Å²) in [5, 5.41) is 0.695. The maximum Gasteiger partial charge on any atom is 0.317 e. The Kier molecular flexibility index (Phi) is 3.91. The minimum absolute atomic E-state index is 0.0974. The molecule has 104 valence electrons. The second-order valence-electron chi connectivity index (χ2n) is 6.30. The highest BCUT2D eigenvalue weighted by atomic mass is 35.5. The Balaban J connectivity index is 2.33. The third-order valence-electron chi connectivity index (χ3n) is 3.64. The van der Waals surface area contributed by atoms with Gasteiger partial charge in [0.1, 0.15) is 5.60 Å². The van der Waals surface area contributed by atoms with Crippen molar-refractivity contribution in [2.24, 2.45) is 0 Å². The molecule has 3 heteroatoms. The minimum Gasteiger partial charge on any atom is -0.459 e. The number of esters is 1. The van der Waals surface area contributed by atoms with Crippen LogP contribution in [0.3, 0.4) is 0 Å². The van der Waals surface area contributed by atoms with Crippen LogP contribution in [0, 0.1) is 0 Å². The number of ether oxygens (including phenoxy) is 1. The van der Waals surface area contributed by atoms with Crippen molar-refractivity contribution in [2.75, 3.05) is 0 Å². The number of rotatable bonds is 2. The topological polar surface area (TPSA) is 26.3 Å². The van der Waals surface area contributed by atoms with Crippen LogP contribution in [0.15, 0.2) is 24.3 Å². The lowest BCUT2D eigenvalue weighted by Crippen LogP contribution is -2.39. The van der Waals surface area contributed by atoms with Crippen LogP contribution in [0.2, 0.25) is 5.02 Å². The van der Waals surface area contributed by atoms with Crippen molar-refractivity contribution < 1.29 is 9.53 Å². The second kappa shape index (κ2) is 5.16. The molecule has 1 aliphatic rings. The molecule has 0 unspecified atom stereocenters. The van der Waals surface area contributed by atoms with E-state index in [1.165, 1.54) is 0 Å². The highest BCUT2D eigenvalue weighted by molar-refractivity contribution is 6.30. The maximum absolute atomic E-state index is 12.6. The summed E-state index contributed by atoms with van der Waals surface area (Å²) in [6.07, 6.45) is 3.87. The lowest BCUT2D eigenvalue weighted by Gasteiger charge is -2.31. The van der Waals surface area contributed by atoms with Gasteiger partial charge in [0, 0.05) is 5.02 Å². The first kappa shape index (κ1) is 14.4. The lowest BCUT2D eigenvalue weighted by atomic mass is 9.79. The Labute approximate surface area is 120 Å². The predicted octanol–water partition coefficient (Wildman–Crippen LogP) is 4.49. The molecule has 0 amide bonds. The fourth-order valence-corrected chi connectivity index (χ4v) is 2.86. The van der Waals surface area contributed by atoms with Gasteiger partial charge >= 0.3 is 5.97 Å². The number of carbonyl (C=O) groups is 1. The standard InChI is InChI=1S/C16H21ClO2/c1-15(2,3)19-14(18)16(10-4-5-11-16)12-6-8-13(17)9-7-12/h6-9H,4-5,10-11H2,1-3H3. The first-order valence-electron chi connectivity index (χ1n) is 6.83. The molecule has 0 radical (unpaired) electrons. The SMILES string of the molecule is CC(C)(C)OC(=O)C1(c2ccc(Cl)cc2)CCCC1. The molecule has 1 aromatic carbocycles. The molecule has 1 fully saturated rings. The predicted molar refractivity (Wildman–Crippen MR) is 77.4 cm³/mol. The number of hydrogen-bond acceptors (Lipinski definition) is 2. The Morgan fingerprint density at radius 1 is 1.16 bits per heavy atom. The zero-order valence-electron chi connectivity index (χ0n) is 11.8. The summed E-state index contributed by atoms with van der Waals surface area (Å²) in [5.41, 5.74) is 0.111. The van der Waals surface area contributed by atoms with Crippen LogP contribution in [0.5, 0.6) is 0 Å². The van der Waals surface area contributed by atoms with Crippen molar-refractivity contribution in [1.29, 1.82) is 0 Å². The first-order chi connectivity index (χ1) is 8.83. The molecule has 1 aromatic rings. The molecule has 2 nitrogen and oxygen atoms in total. The molecule has 0 saturated heterocycles. The number of benzene rings is 1. The first-order valence-corrected chi connectivity index (χ1v) is 7.21. The van der Waals surface area contributed by atoms with E-state index >= 15 is 0 Å². The third kappa shape index (κ3) is 3.11. The Hall–Kier alpha value is -1.02. The zero-order chi connectivity index (χ0) is 14.1. The Bertz CT molecular complexity index is 451. The number of carbonyl (C=O) groups excluding carboxylic acids is 1. The van der Waals surface area contributed by atoms with E-state index in [2.05, 4.69) is 0 Å². The number of hydrogen-bond donors (Lipinski definition) is 0. The van der Waals surface area contributed by atoms with Gasteiger partial charge < -0.3 is 4.74 Å². The monoisotopic (exact) mass is 280 g/mol. The van der Waals surface area contributed by atoms with Gasteiger partial charge in [-0.25, -0.2) is 0 Å².